The SMILES string of the molecule is CC(O)C(Oc1ccc(Cl)c(F)c1)N1CCN(N)CC1. The van der Waals surface area contributed by atoms with E-state index < -0.39 is 18.1 Å². The zero-order valence-electron chi connectivity index (χ0n) is 11.3. The first-order valence-electron chi connectivity index (χ1n) is 6.51. The molecule has 1 fully saturated rings. The van der Waals surface area contributed by atoms with Gasteiger partial charge in [-0.3, -0.25) is 10.7 Å². The van der Waals surface area contributed by atoms with Crippen molar-refractivity contribution in [2.75, 3.05) is 26.2 Å². The van der Waals surface area contributed by atoms with Gasteiger partial charge >= 0.3 is 0 Å². The molecule has 5 nitrogen and oxygen atoms in total. The van der Waals surface area contributed by atoms with Crippen LogP contribution in [0.1, 0.15) is 6.92 Å². The molecule has 112 valence electrons. The van der Waals surface area contributed by atoms with Crippen LogP contribution in [0, 0.1) is 5.82 Å². The highest BCUT2D eigenvalue weighted by Crippen LogP contribution is 2.23. The van der Waals surface area contributed by atoms with E-state index >= 15 is 0 Å². The van der Waals surface area contributed by atoms with Crippen molar-refractivity contribution in [2.24, 2.45) is 5.84 Å². The lowest BCUT2D eigenvalue weighted by Crippen LogP contribution is -2.56. The van der Waals surface area contributed by atoms with Crippen molar-refractivity contribution in [3.63, 3.8) is 0 Å². The van der Waals surface area contributed by atoms with Gasteiger partial charge in [0.25, 0.3) is 0 Å². The van der Waals surface area contributed by atoms with Crippen LogP contribution in [0.15, 0.2) is 18.2 Å². The first-order valence-corrected chi connectivity index (χ1v) is 6.88. The van der Waals surface area contributed by atoms with Gasteiger partial charge < -0.3 is 9.84 Å². The molecule has 2 unspecified atom stereocenters. The van der Waals surface area contributed by atoms with Gasteiger partial charge in [-0.15, -0.1) is 0 Å². The van der Waals surface area contributed by atoms with Crippen molar-refractivity contribution in [3.05, 3.63) is 29.0 Å². The predicted octanol–water partition coefficient (Wildman–Crippen LogP) is 1.06. The number of ether oxygens (including phenoxy) is 1. The fourth-order valence-electron chi connectivity index (χ4n) is 2.16. The summed E-state index contributed by atoms with van der Waals surface area (Å²) in [6.45, 7) is 4.40. The standard InChI is InChI=1S/C13H19ClFN3O2/c1-9(19)13(17-4-6-18(16)7-5-17)20-10-2-3-11(14)12(15)8-10/h2-3,8-9,13,19H,4-7,16H2,1H3. The van der Waals surface area contributed by atoms with E-state index in [2.05, 4.69) is 0 Å². The quantitative estimate of drug-likeness (QED) is 0.814. The molecule has 0 radical (unpaired) electrons. The lowest BCUT2D eigenvalue weighted by Gasteiger charge is -2.38. The highest BCUT2D eigenvalue weighted by atomic mass is 35.5. The van der Waals surface area contributed by atoms with Crippen molar-refractivity contribution in [3.8, 4) is 5.75 Å². The van der Waals surface area contributed by atoms with E-state index in [1.54, 1.807) is 18.0 Å². The van der Waals surface area contributed by atoms with E-state index in [1.165, 1.54) is 12.1 Å². The van der Waals surface area contributed by atoms with E-state index in [0.29, 0.717) is 31.9 Å². The van der Waals surface area contributed by atoms with Crippen molar-refractivity contribution >= 4 is 11.6 Å². The molecule has 0 aromatic heterocycles. The van der Waals surface area contributed by atoms with Crippen LogP contribution in [0.3, 0.4) is 0 Å². The van der Waals surface area contributed by atoms with Crippen LogP contribution in [-0.4, -0.2) is 53.5 Å². The number of hydrogen-bond donors (Lipinski definition) is 2. The fraction of sp³-hybridized carbons (Fsp3) is 0.538. The number of hydrogen-bond acceptors (Lipinski definition) is 5. The maximum Gasteiger partial charge on any atom is 0.178 e. The van der Waals surface area contributed by atoms with Crippen LogP contribution >= 0.6 is 11.6 Å². The molecule has 2 rings (SSSR count). The maximum absolute atomic E-state index is 13.4. The van der Waals surface area contributed by atoms with Crippen LogP contribution in [0.2, 0.25) is 5.02 Å². The fourth-order valence-corrected chi connectivity index (χ4v) is 2.28. The third-order valence-electron chi connectivity index (χ3n) is 3.27. The molecule has 1 saturated heterocycles. The van der Waals surface area contributed by atoms with Crippen molar-refractivity contribution in [1.82, 2.24) is 9.91 Å². The molecule has 0 aliphatic carbocycles. The minimum atomic E-state index is -0.710. The normalized spacial score (nSPS) is 20.6. The van der Waals surface area contributed by atoms with E-state index in [9.17, 15) is 9.50 Å². The zero-order chi connectivity index (χ0) is 14.7. The number of nitrogens with two attached hydrogens (primary N) is 1. The minimum absolute atomic E-state index is 0.0442. The van der Waals surface area contributed by atoms with Gasteiger partial charge in [-0.1, -0.05) is 11.6 Å². The summed E-state index contributed by atoms with van der Waals surface area (Å²) in [5.74, 6) is 5.50. The van der Waals surface area contributed by atoms with Crippen LogP contribution < -0.4 is 10.6 Å². The lowest BCUT2D eigenvalue weighted by molar-refractivity contribution is -0.0747. The van der Waals surface area contributed by atoms with Crippen LogP contribution in [-0.2, 0) is 0 Å². The Kier molecular flexibility index (Phi) is 5.17. The summed E-state index contributed by atoms with van der Waals surface area (Å²) in [6, 6.07) is 4.24. The van der Waals surface area contributed by atoms with E-state index in [4.69, 9.17) is 22.2 Å². The summed E-state index contributed by atoms with van der Waals surface area (Å²) in [7, 11) is 0. The Bertz CT molecular complexity index is 453. The third kappa shape index (κ3) is 3.80. The summed E-state index contributed by atoms with van der Waals surface area (Å²) < 4.78 is 19.1. The molecule has 1 aromatic rings. The molecule has 2 atom stereocenters. The molecule has 1 aromatic carbocycles. The summed E-state index contributed by atoms with van der Waals surface area (Å²) in [4.78, 5) is 1.99. The second kappa shape index (κ2) is 6.69. The number of hydrazine groups is 1. The molecular formula is C13H19ClFN3O2. The third-order valence-corrected chi connectivity index (χ3v) is 3.58. The summed E-state index contributed by atoms with van der Waals surface area (Å²) in [6.07, 6.45) is -1.25. The summed E-state index contributed by atoms with van der Waals surface area (Å²) in [5, 5.41) is 11.6. The minimum Gasteiger partial charge on any atom is -0.472 e. The molecule has 1 heterocycles. The van der Waals surface area contributed by atoms with Gasteiger partial charge in [0.15, 0.2) is 6.23 Å². The number of aliphatic hydroxyl groups is 1. The first-order chi connectivity index (χ1) is 9.47. The van der Waals surface area contributed by atoms with Crippen molar-refractivity contribution in [1.29, 1.82) is 0 Å². The Morgan fingerprint density at radius 1 is 1.35 bits per heavy atom. The topological polar surface area (TPSA) is 62.0 Å². The number of halogens is 2. The molecule has 0 saturated carbocycles. The Morgan fingerprint density at radius 2 is 2.00 bits per heavy atom. The van der Waals surface area contributed by atoms with Crippen molar-refractivity contribution in [2.45, 2.75) is 19.3 Å². The monoisotopic (exact) mass is 303 g/mol. The Labute approximate surface area is 122 Å². The van der Waals surface area contributed by atoms with Gasteiger partial charge in [0.2, 0.25) is 0 Å². The molecule has 1 aliphatic rings. The Hall–Kier alpha value is -0.920. The average Bonchev–Trinajstić information content (AvgIpc) is 2.41. The second-order valence-electron chi connectivity index (χ2n) is 4.90. The molecule has 1 aliphatic heterocycles. The largest absolute Gasteiger partial charge is 0.472 e. The average molecular weight is 304 g/mol. The molecule has 0 amide bonds. The Balaban J connectivity index is 2.07. The van der Waals surface area contributed by atoms with Gasteiger partial charge in [0.05, 0.1) is 5.02 Å². The first kappa shape index (κ1) is 15.5. The molecule has 20 heavy (non-hydrogen) atoms. The van der Waals surface area contributed by atoms with E-state index in [-0.39, 0.29) is 5.02 Å². The number of aliphatic hydroxyl groups excluding tert-OH is 1. The highest BCUT2D eigenvalue weighted by Gasteiger charge is 2.28. The van der Waals surface area contributed by atoms with Crippen LogP contribution in [0.25, 0.3) is 0 Å². The molecule has 7 heteroatoms. The molecule has 3 N–H and O–H groups in total. The smallest absolute Gasteiger partial charge is 0.178 e. The lowest BCUT2D eigenvalue weighted by atomic mass is 10.2. The van der Waals surface area contributed by atoms with Crippen molar-refractivity contribution < 1.29 is 14.2 Å². The van der Waals surface area contributed by atoms with Crippen LogP contribution in [0.5, 0.6) is 5.75 Å². The molecule has 0 bridgehead atoms. The van der Waals surface area contributed by atoms with Gasteiger partial charge in [0, 0.05) is 32.2 Å². The highest BCUT2D eigenvalue weighted by molar-refractivity contribution is 6.30. The van der Waals surface area contributed by atoms with Gasteiger partial charge in [0.1, 0.15) is 17.7 Å². The zero-order valence-corrected chi connectivity index (χ0v) is 12.1. The number of benzene rings is 1. The van der Waals surface area contributed by atoms with E-state index in [1.807, 2.05) is 4.90 Å². The van der Waals surface area contributed by atoms with Crippen LogP contribution in [0.4, 0.5) is 4.39 Å². The van der Waals surface area contributed by atoms with Gasteiger partial charge in [-0.2, -0.15) is 0 Å². The second-order valence-corrected chi connectivity index (χ2v) is 5.30. The molecular weight excluding hydrogens is 285 g/mol. The predicted molar refractivity (Wildman–Crippen MR) is 74.8 cm³/mol. The van der Waals surface area contributed by atoms with Gasteiger partial charge in [-0.25, -0.2) is 9.40 Å². The van der Waals surface area contributed by atoms with Gasteiger partial charge in [-0.05, 0) is 19.1 Å². The number of piperazine rings is 1. The Morgan fingerprint density at radius 3 is 2.55 bits per heavy atom. The molecule has 0 spiro atoms. The van der Waals surface area contributed by atoms with E-state index in [0.717, 1.165) is 0 Å². The number of rotatable bonds is 4. The summed E-state index contributed by atoms with van der Waals surface area (Å²) in [5.41, 5.74) is 0. The summed E-state index contributed by atoms with van der Waals surface area (Å²) >= 11 is 5.63. The number of nitrogens with zero attached hydrogens (tertiary/aromatic N) is 2. The maximum atomic E-state index is 13.4.